The van der Waals surface area contributed by atoms with Crippen molar-refractivity contribution in [1.29, 1.82) is 0 Å². The number of nitrogens with one attached hydrogen (secondary N) is 1. The second kappa shape index (κ2) is 10.5. The number of ether oxygens (including phenoxy) is 1. The van der Waals surface area contributed by atoms with Crippen LogP contribution in [-0.4, -0.2) is 29.1 Å². The van der Waals surface area contributed by atoms with Gasteiger partial charge in [0.1, 0.15) is 5.82 Å². The van der Waals surface area contributed by atoms with E-state index in [4.69, 9.17) is 4.74 Å². The summed E-state index contributed by atoms with van der Waals surface area (Å²) in [7, 11) is 0. The van der Waals surface area contributed by atoms with E-state index >= 15 is 0 Å². The molecule has 0 fully saturated rings. The Hall–Kier alpha value is -3.94. The Bertz CT molecular complexity index is 1320. The van der Waals surface area contributed by atoms with Crippen molar-refractivity contribution in [3.8, 4) is 22.5 Å². The van der Waals surface area contributed by atoms with Crippen LogP contribution in [0.4, 0.5) is 19.0 Å². The second-order valence-corrected chi connectivity index (χ2v) is 7.90. The summed E-state index contributed by atoms with van der Waals surface area (Å²) < 4.78 is 44.2. The number of hydrogen-bond acceptors (Lipinski definition) is 5. The number of halogens is 3. The Morgan fingerprint density at radius 1 is 0.914 bits per heavy atom. The lowest BCUT2D eigenvalue weighted by molar-refractivity contribution is -0.143. The van der Waals surface area contributed by atoms with E-state index in [1.165, 1.54) is 6.07 Å². The molecule has 4 rings (SSSR count). The van der Waals surface area contributed by atoms with Crippen molar-refractivity contribution < 1.29 is 22.7 Å². The number of fused-ring (bicyclic) bond motifs is 1. The standard InChI is InChI=1S/C27H24F3N3O2/c1-2-35-24(34)11-6-16-31-26-22-9-3-4-10-23(22)32-25(33-26)19-14-12-18(13-15-19)20-7-5-8-21(17-20)27(28,29)30/h3-5,7-10,12-15,17H,2,6,11,16H2,1H3,(H,31,32,33). The van der Waals surface area contributed by atoms with Gasteiger partial charge >= 0.3 is 12.1 Å². The molecule has 0 aliphatic heterocycles. The van der Waals surface area contributed by atoms with E-state index in [1.807, 2.05) is 24.3 Å². The summed E-state index contributed by atoms with van der Waals surface area (Å²) in [6.07, 6.45) is -3.49. The highest BCUT2D eigenvalue weighted by atomic mass is 19.4. The number of para-hydroxylation sites is 1. The summed E-state index contributed by atoms with van der Waals surface area (Å²) in [6, 6.07) is 20.0. The number of carbonyl (C=O) groups is 1. The van der Waals surface area contributed by atoms with E-state index in [-0.39, 0.29) is 5.97 Å². The third kappa shape index (κ3) is 5.95. The number of carbonyl (C=O) groups excluding carboxylic acids is 1. The molecule has 5 nitrogen and oxygen atoms in total. The second-order valence-electron chi connectivity index (χ2n) is 7.90. The van der Waals surface area contributed by atoms with Crippen molar-refractivity contribution in [2.24, 2.45) is 0 Å². The molecule has 4 aromatic rings. The lowest BCUT2D eigenvalue weighted by Crippen LogP contribution is -2.09. The van der Waals surface area contributed by atoms with Crippen LogP contribution in [0.3, 0.4) is 0 Å². The Morgan fingerprint density at radius 2 is 1.66 bits per heavy atom. The molecular weight excluding hydrogens is 455 g/mol. The van der Waals surface area contributed by atoms with Crippen molar-refractivity contribution >= 4 is 22.7 Å². The van der Waals surface area contributed by atoms with Gasteiger partial charge in [-0.25, -0.2) is 9.97 Å². The SMILES string of the molecule is CCOC(=O)CCCNc1nc(-c2ccc(-c3cccc(C(F)(F)F)c3)cc2)nc2ccccc12. The normalized spacial score (nSPS) is 11.4. The highest BCUT2D eigenvalue weighted by molar-refractivity contribution is 5.90. The van der Waals surface area contributed by atoms with Crippen molar-refractivity contribution in [2.45, 2.75) is 25.9 Å². The largest absolute Gasteiger partial charge is 0.466 e. The van der Waals surface area contributed by atoms with Gasteiger partial charge in [-0.05, 0) is 48.7 Å². The van der Waals surface area contributed by atoms with Gasteiger partial charge in [0.2, 0.25) is 0 Å². The lowest BCUT2D eigenvalue weighted by atomic mass is 10.0. The molecule has 0 aliphatic rings. The number of nitrogens with zero attached hydrogens (tertiary/aromatic N) is 2. The smallest absolute Gasteiger partial charge is 0.416 e. The first-order valence-electron chi connectivity index (χ1n) is 11.3. The minimum atomic E-state index is -4.39. The van der Waals surface area contributed by atoms with Gasteiger partial charge in [0, 0.05) is 23.9 Å². The molecule has 1 heterocycles. The minimum absolute atomic E-state index is 0.233. The zero-order chi connectivity index (χ0) is 24.8. The quantitative estimate of drug-likeness (QED) is 0.224. The molecule has 0 spiro atoms. The number of alkyl halides is 3. The fraction of sp³-hybridized carbons (Fsp3) is 0.222. The van der Waals surface area contributed by atoms with Crippen LogP contribution in [-0.2, 0) is 15.7 Å². The first-order valence-corrected chi connectivity index (χ1v) is 11.3. The van der Waals surface area contributed by atoms with Crippen LogP contribution in [0.5, 0.6) is 0 Å². The molecular formula is C27H24F3N3O2. The summed E-state index contributed by atoms with van der Waals surface area (Å²) >= 11 is 0. The number of aromatic nitrogens is 2. The Morgan fingerprint density at radius 3 is 2.40 bits per heavy atom. The highest BCUT2D eigenvalue weighted by Gasteiger charge is 2.30. The predicted molar refractivity (Wildman–Crippen MR) is 130 cm³/mol. The van der Waals surface area contributed by atoms with Crippen LogP contribution in [0.15, 0.2) is 72.8 Å². The molecule has 0 aliphatic carbocycles. The summed E-state index contributed by atoms with van der Waals surface area (Å²) in [5.74, 6) is 0.909. The maximum absolute atomic E-state index is 13.1. The molecule has 1 aromatic heterocycles. The average Bonchev–Trinajstić information content (AvgIpc) is 2.86. The van der Waals surface area contributed by atoms with E-state index in [1.54, 1.807) is 37.3 Å². The van der Waals surface area contributed by atoms with Crippen LogP contribution >= 0.6 is 0 Å². The topological polar surface area (TPSA) is 64.1 Å². The Labute approximate surface area is 201 Å². The van der Waals surface area contributed by atoms with Crippen LogP contribution in [0.2, 0.25) is 0 Å². The van der Waals surface area contributed by atoms with Gasteiger partial charge in [0.15, 0.2) is 5.82 Å². The molecule has 0 radical (unpaired) electrons. The zero-order valence-corrected chi connectivity index (χ0v) is 19.1. The van der Waals surface area contributed by atoms with Gasteiger partial charge in [0.05, 0.1) is 17.7 Å². The number of anilines is 1. The zero-order valence-electron chi connectivity index (χ0n) is 19.1. The third-order valence-corrected chi connectivity index (χ3v) is 5.43. The van der Waals surface area contributed by atoms with Crippen molar-refractivity contribution in [1.82, 2.24) is 9.97 Å². The van der Waals surface area contributed by atoms with E-state index in [9.17, 15) is 18.0 Å². The lowest BCUT2D eigenvalue weighted by Gasteiger charge is -2.12. The van der Waals surface area contributed by atoms with E-state index in [2.05, 4.69) is 15.3 Å². The van der Waals surface area contributed by atoms with Gasteiger partial charge < -0.3 is 10.1 Å². The van der Waals surface area contributed by atoms with Gasteiger partial charge in [0.25, 0.3) is 0 Å². The van der Waals surface area contributed by atoms with Crippen molar-refractivity contribution in [2.75, 3.05) is 18.5 Å². The van der Waals surface area contributed by atoms with Crippen molar-refractivity contribution in [3.63, 3.8) is 0 Å². The van der Waals surface area contributed by atoms with Crippen molar-refractivity contribution in [3.05, 3.63) is 78.4 Å². The molecule has 180 valence electrons. The number of benzene rings is 3. The summed E-state index contributed by atoms with van der Waals surface area (Å²) in [5, 5.41) is 4.14. The monoisotopic (exact) mass is 479 g/mol. The number of esters is 1. The number of rotatable bonds is 8. The molecule has 0 saturated carbocycles. The molecule has 35 heavy (non-hydrogen) atoms. The van der Waals surface area contributed by atoms with Crippen LogP contribution < -0.4 is 5.32 Å². The maximum atomic E-state index is 13.1. The fourth-order valence-corrected chi connectivity index (χ4v) is 3.70. The molecule has 3 aromatic carbocycles. The minimum Gasteiger partial charge on any atom is -0.466 e. The number of hydrogen-bond donors (Lipinski definition) is 1. The maximum Gasteiger partial charge on any atom is 0.416 e. The van der Waals surface area contributed by atoms with Crippen LogP contribution in [0.25, 0.3) is 33.4 Å². The predicted octanol–water partition coefficient (Wildman–Crippen LogP) is 6.74. The Balaban J connectivity index is 1.57. The summed E-state index contributed by atoms with van der Waals surface area (Å²) in [4.78, 5) is 20.9. The van der Waals surface area contributed by atoms with Gasteiger partial charge in [-0.1, -0.05) is 48.5 Å². The molecule has 0 amide bonds. The Kier molecular flexibility index (Phi) is 7.29. The van der Waals surface area contributed by atoms with Gasteiger partial charge in [-0.3, -0.25) is 4.79 Å². The first-order chi connectivity index (χ1) is 16.8. The highest BCUT2D eigenvalue weighted by Crippen LogP contribution is 2.33. The molecule has 0 unspecified atom stereocenters. The molecule has 0 bridgehead atoms. The molecule has 0 saturated heterocycles. The third-order valence-electron chi connectivity index (χ3n) is 5.43. The summed E-state index contributed by atoms with van der Waals surface area (Å²) in [5.41, 5.74) is 1.96. The fourth-order valence-electron chi connectivity index (χ4n) is 3.70. The van der Waals surface area contributed by atoms with Gasteiger partial charge in [-0.2, -0.15) is 13.2 Å². The van der Waals surface area contributed by atoms with E-state index in [0.29, 0.717) is 48.8 Å². The van der Waals surface area contributed by atoms with E-state index in [0.717, 1.165) is 28.6 Å². The van der Waals surface area contributed by atoms with Crippen LogP contribution in [0, 0.1) is 0 Å². The van der Waals surface area contributed by atoms with E-state index < -0.39 is 11.7 Å². The molecule has 1 N–H and O–H groups in total. The first kappa shape index (κ1) is 24.2. The average molecular weight is 480 g/mol. The van der Waals surface area contributed by atoms with Gasteiger partial charge in [-0.15, -0.1) is 0 Å². The summed E-state index contributed by atoms with van der Waals surface area (Å²) in [6.45, 7) is 2.67. The molecule has 0 atom stereocenters. The van der Waals surface area contributed by atoms with Crippen LogP contribution in [0.1, 0.15) is 25.3 Å². The molecule has 8 heteroatoms.